The molecule has 5 nitrogen and oxygen atoms in total. The molecule has 0 saturated heterocycles. The number of aryl methyl sites for hydroxylation is 2. The van der Waals surface area contributed by atoms with E-state index in [2.05, 4.69) is 15.5 Å². The molecule has 0 spiro atoms. The molecule has 112 valence electrons. The molecule has 1 aromatic carbocycles. The van der Waals surface area contributed by atoms with E-state index >= 15 is 0 Å². The maximum Gasteiger partial charge on any atom is 0.230 e. The lowest BCUT2D eigenvalue weighted by molar-refractivity contribution is -0.118. The summed E-state index contributed by atoms with van der Waals surface area (Å²) in [6, 6.07) is 7.84. The van der Waals surface area contributed by atoms with Crippen molar-refractivity contribution in [2.24, 2.45) is 0 Å². The molecule has 0 saturated carbocycles. The van der Waals surface area contributed by atoms with Gasteiger partial charge in [0.15, 0.2) is 4.34 Å². The van der Waals surface area contributed by atoms with Gasteiger partial charge in [-0.2, -0.15) is 0 Å². The lowest BCUT2D eigenvalue weighted by Gasteiger charge is -2.07. The van der Waals surface area contributed by atoms with E-state index in [0.717, 1.165) is 20.7 Å². The first-order valence-electron chi connectivity index (χ1n) is 6.52. The van der Waals surface area contributed by atoms with Crippen molar-refractivity contribution in [1.29, 1.82) is 0 Å². The van der Waals surface area contributed by atoms with Crippen molar-refractivity contribution in [1.82, 2.24) is 15.5 Å². The van der Waals surface area contributed by atoms with E-state index in [-0.39, 0.29) is 5.91 Å². The summed E-state index contributed by atoms with van der Waals surface area (Å²) in [5.74, 6) is 1.14. The van der Waals surface area contributed by atoms with E-state index in [1.54, 1.807) is 0 Å². The Morgan fingerprint density at radius 2 is 2.24 bits per heavy atom. The third-order valence-electron chi connectivity index (χ3n) is 2.52. The molecule has 0 fully saturated rings. The number of aromatic nitrogens is 2. The zero-order chi connectivity index (χ0) is 15.1. The van der Waals surface area contributed by atoms with E-state index in [1.807, 2.05) is 38.1 Å². The Morgan fingerprint density at radius 3 is 2.95 bits per heavy atom. The first-order valence-corrected chi connectivity index (χ1v) is 8.33. The highest BCUT2D eigenvalue weighted by Gasteiger charge is 2.06. The molecule has 1 heterocycles. The van der Waals surface area contributed by atoms with Crippen molar-refractivity contribution in [3.63, 3.8) is 0 Å². The summed E-state index contributed by atoms with van der Waals surface area (Å²) in [6.07, 6.45) is 0. The topological polar surface area (TPSA) is 64.1 Å². The minimum absolute atomic E-state index is 0.0271. The SMILES string of the molecule is Cc1cccc(OCCNC(=O)CSc2nnc(C)s2)c1. The summed E-state index contributed by atoms with van der Waals surface area (Å²) in [5, 5.41) is 11.6. The molecule has 2 aromatic rings. The maximum atomic E-state index is 11.7. The minimum Gasteiger partial charge on any atom is -0.492 e. The Labute approximate surface area is 132 Å². The molecular weight excluding hydrogens is 306 g/mol. The van der Waals surface area contributed by atoms with Gasteiger partial charge in [-0.3, -0.25) is 4.79 Å². The second-order valence-corrected chi connectivity index (χ2v) is 6.79. The van der Waals surface area contributed by atoms with E-state index < -0.39 is 0 Å². The molecule has 0 atom stereocenters. The number of rotatable bonds is 7. The van der Waals surface area contributed by atoms with Crippen LogP contribution in [0.25, 0.3) is 0 Å². The summed E-state index contributed by atoms with van der Waals surface area (Å²) in [4.78, 5) is 11.7. The van der Waals surface area contributed by atoms with Gasteiger partial charge in [0.1, 0.15) is 17.4 Å². The highest BCUT2D eigenvalue weighted by atomic mass is 32.2. The molecule has 0 aliphatic carbocycles. The third-order valence-corrected chi connectivity index (χ3v) is 4.49. The van der Waals surface area contributed by atoms with Crippen LogP contribution < -0.4 is 10.1 Å². The molecule has 0 unspecified atom stereocenters. The standard InChI is InChI=1S/C14H17N3O2S2/c1-10-4-3-5-12(8-10)19-7-6-15-13(18)9-20-14-17-16-11(2)21-14/h3-5,8H,6-7,9H2,1-2H3,(H,15,18). The van der Waals surface area contributed by atoms with E-state index in [4.69, 9.17) is 4.74 Å². The monoisotopic (exact) mass is 323 g/mol. The number of thioether (sulfide) groups is 1. The smallest absolute Gasteiger partial charge is 0.230 e. The fourth-order valence-corrected chi connectivity index (χ4v) is 3.23. The van der Waals surface area contributed by atoms with Crippen LogP contribution in [0.5, 0.6) is 5.75 Å². The summed E-state index contributed by atoms with van der Waals surface area (Å²) in [5.41, 5.74) is 1.15. The Morgan fingerprint density at radius 1 is 1.38 bits per heavy atom. The van der Waals surface area contributed by atoms with Crippen LogP contribution in [0, 0.1) is 13.8 Å². The number of nitrogens with zero attached hydrogens (tertiary/aromatic N) is 2. The number of nitrogens with one attached hydrogen (secondary N) is 1. The van der Waals surface area contributed by atoms with Crippen LogP contribution in [0.15, 0.2) is 28.6 Å². The number of ether oxygens (including phenoxy) is 1. The highest BCUT2D eigenvalue weighted by Crippen LogP contribution is 2.21. The van der Waals surface area contributed by atoms with Crippen LogP contribution in [0.1, 0.15) is 10.6 Å². The predicted octanol–water partition coefficient (Wildman–Crippen LogP) is 2.44. The first-order chi connectivity index (χ1) is 10.1. The lowest BCUT2D eigenvalue weighted by Crippen LogP contribution is -2.29. The fourth-order valence-electron chi connectivity index (χ4n) is 1.58. The second-order valence-electron chi connectivity index (χ2n) is 4.39. The molecular formula is C14H17N3O2S2. The normalized spacial score (nSPS) is 10.4. The van der Waals surface area contributed by atoms with Gasteiger partial charge in [-0.05, 0) is 31.5 Å². The number of carbonyl (C=O) groups excluding carboxylic acids is 1. The molecule has 0 bridgehead atoms. The third kappa shape index (κ3) is 5.73. The number of amides is 1. The zero-order valence-electron chi connectivity index (χ0n) is 12.0. The zero-order valence-corrected chi connectivity index (χ0v) is 13.6. The Balaban J connectivity index is 1.61. The van der Waals surface area contributed by atoms with Gasteiger partial charge in [-0.1, -0.05) is 35.2 Å². The van der Waals surface area contributed by atoms with E-state index in [0.29, 0.717) is 18.9 Å². The van der Waals surface area contributed by atoms with E-state index in [1.165, 1.54) is 23.1 Å². The number of hydrogen-bond acceptors (Lipinski definition) is 6. The van der Waals surface area contributed by atoms with E-state index in [9.17, 15) is 4.79 Å². The van der Waals surface area contributed by atoms with Crippen LogP contribution in [0.2, 0.25) is 0 Å². The number of benzene rings is 1. The molecule has 2 rings (SSSR count). The molecule has 0 radical (unpaired) electrons. The van der Waals surface area contributed by atoms with Gasteiger partial charge in [0.25, 0.3) is 0 Å². The summed E-state index contributed by atoms with van der Waals surface area (Å²) < 4.78 is 6.38. The quantitative estimate of drug-likeness (QED) is 0.626. The van der Waals surface area contributed by atoms with Crippen molar-refractivity contribution < 1.29 is 9.53 Å². The average molecular weight is 323 g/mol. The minimum atomic E-state index is -0.0271. The van der Waals surface area contributed by atoms with Crippen molar-refractivity contribution in [3.8, 4) is 5.75 Å². The van der Waals surface area contributed by atoms with Crippen LogP contribution in [0.3, 0.4) is 0 Å². The molecule has 0 aliphatic rings. The predicted molar refractivity (Wildman–Crippen MR) is 85.1 cm³/mol. The Hall–Kier alpha value is -1.60. The Kier molecular flexibility index (Phi) is 6.01. The van der Waals surface area contributed by atoms with Crippen LogP contribution in [-0.2, 0) is 4.79 Å². The molecule has 1 amide bonds. The molecule has 0 aliphatic heterocycles. The van der Waals surface area contributed by atoms with Crippen molar-refractivity contribution in [3.05, 3.63) is 34.8 Å². The second kappa shape index (κ2) is 7.99. The lowest BCUT2D eigenvalue weighted by atomic mass is 10.2. The van der Waals surface area contributed by atoms with Gasteiger partial charge in [0.2, 0.25) is 5.91 Å². The van der Waals surface area contributed by atoms with Gasteiger partial charge in [-0.15, -0.1) is 10.2 Å². The van der Waals surface area contributed by atoms with Crippen LogP contribution in [-0.4, -0.2) is 35.0 Å². The maximum absolute atomic E-state index is 11.7. The Bertz CT molecular complexity index is 601. The molecule has 7 heteroatoms. The van der Waals surface area contributed by atoms with Crippen molar-refractivity contribution in [2.45, 2.75) is 18.2 Å². The number of carbonyl (C=O) groups is 1. The van der Waals surface area contributed by atoms with Gasteiger partial charge in [0, 0.05) is 0 Å². The molecule has 21 heavy (non-hydrogen) atoms. The number of hydrogen-bond donors (Lipinski definition) is 1. The van der Waals surface area contributed by atoms with Gasteiger partial charge < -0.3 is 10.1 Å². The summed E-state index contributed by atoms with van der Waals surface area (Å²) in [6.45, 7) is 4.85. The van der Waals surface area contributed by atoms with Gasteiger partial charge in [0.05, 0.1) is 12.3 Å². The van der Waals surface area contributed by atoms with Crippen LogP contribution >= 0.6 is 23.1 Å². The molecule has 1 aromatic heterocycles. The van der Waals surface area contributed by atoms with Gasteiger partial charge in [-0.25, -0.2) is 0 Å². The largest absolute Gasteiger partial charge is 0.492 e. The fraction of sp³-hybridized carbons (Fsp3) is 0.357. The van der Waals surface area contributed by atoms with Gasteiger partial charge >= 0.3 is 0 Å². The molecule has 1 N–H and O–H groups in total. The first kappa shape index (κ1) is 15.8. The summed E-state index contributed by atoms with van der Waals surface area (Å²) in [7, 11) is 0. The summed E-state index contributed by atoms with van der Waals surface area (Å²) >= 11 is 2.89. The van der Waals surface area contributed by atoms with Crippen molar-refractivity contribution >= 4 is 29.0 Å². The highest BCUT2D eigenvalue weighted by molar-refractivity contribution is 8.01. The van der Waals surface area contributed by atoms with Crippen LogP contribution in [0.4, 0.5) is 0 Å². The van der Waals surface area contributed by atoms with Crippen molar-refractivity contribution in [2.75, 3.05) is 18.9 Å². The average Bonchev–Trinajstić information content (AvgIpc) is 2.87.